The van der Waals surface area contributed by atoms with Crippen molar-refractivity contribution in [2.45, 2.75) is 97.8 Å². The first-order valence-corrected chi connectivity index (χ1v) is 30.7. The molecule has 15 rings (SSSR count). The zero-order valence-electron chi connectivity index (χ0n) is 51.3. The summed E-state index contributed by atoms with van der Waals surface area (Å²) in [5.74, 6) is 0. The summed E-state index contributed by atoms with van der Waals surface area (Å²) in [5, 5.41) is 2.20. The van der Waals surface area contributed by atoms with Crippen molar-refractivity contribution >= 4 is 85.2 Å². The maximum Gasteiger partial charge on any atom is 0.333 e. The minimum atomic E-state index is -0.328. The monoisotopic (exact) mass is 1110 g/mol. The number of nitrogens with zero attached hydrogens (tertiary/aromatic N) is 3. The third kappa shape index (κ3) is 8.48. The van der Waals surface area contributed by atoms with Crippen LogP contribution in [0.4, 0.5) is 45.5 Å². The van der Waals surface area contributed by atoms with Gasteiger partial charge in [-0.1, -0.05) is 222 Å². The first kappa shape index (κ1) is 53.4. The average molecular weight is 1110 g/mol. The normalized spacial score (nSPS) is 14.0. The fourth-order valence-corrected chi connectivity index (χ4v) is 14.2. The van der Waals surface area contributed by atoms with Crippen LogP contribution in [0.25, 0.3) is 66.4 Å². The van der Waals surface area contributed by atoms with E-state index in [1.165, 1.54) is 77.8 Å². The molecule has 0 saturated heterocycles. The Morgan fingerprint density at radius 3 is 1.60 bits per heavy atom. The van der Waals surface area contributed by atoms with Crippen LogP contribution < -0.4 is 25.5 Å². The van der Waals surface area contributed by atoms with Gasteiger partial charge in [0.15, 0.2) is 5.58 Å². The summed E-state index contributed by atoms with van der Waals surface area (Å²) in [4.78, 5) is 7.74. The molecule has 2 aliphatic heterocycles. The zero-order chi connectivity index (χ0) is 59.2. The molecule has 86 heavy (non-hydrogen) atoms. The van der Waals surface area contributed by atoms with Crippen LogP contribution in [0.15, 0.2) is 241 Å². The maximum atomic E-state index is 7.43. The fraction of sp³-hybridized carbons (Fsp3) is 0.185. The van der Waals surface area contributed by atoms with Gasteiger partial charge in [0.25, 0.3) is 0 Å². The molecular formula is C81H72BN3O. The largest absolute Gasteiger partial charge is 0.454 e. The Morgan fingerprint density at radius 2 is 0.953 bits per heavy atom. The SMILES string of the molecule is CC(C)(C)c1ccc(N(c2ccc(C(C)(C)C)cc2)c2ccc3c(c2)B2c4c(cc5c(oc6ccccc65)c4N3c3ccc(C(C)(C)C)cc3-c3ccccc3)-c3cc4c(cc3N2c2ccc(-c3ccccc3)cc2)C(C)(C)c2ccccc2-4)cc1. The van der Waals surface area contributed by atoms with Crippen LogP contribution in [0.5, 0.6) is 0 Å². The molecule has 0 atom stereocenters. The van der Waals surface area contributed by atoms with Crippen molar-refractivity contribution in [1.29, 1.82) is 0 Å². The van der Waals surface area contributed by atoms with Gasteiger partial charge in [-0.2, -0.15) is 0 Å². The summed E-state index contributed by atoms with van der Waals surface area (Å²) < 4.78 is 7.43. The molecule has 11 aromatic carbocycles. The second kappa shape index (κ2) is 19.4. The number of benzene rings is 11. The van der Waals surface area contributed by atoms with E-state index >= 15 is 0 Å². The van der Waals surface area contributed by atoms with Gasteiger partial charge in [-0.05, 0) is 179 Å². The van der Waals surface area contributed by atoms with E-state index in [4.69, 9.17) is 4.42 Å². The van der Waals surface area contributed by atoms with Crippen molar-refractivity contribution < 1.29 is 4.42 Å². The summed E-state index contributed by atoms with van der Waals surface area (Å²) in [5.41, 5.74) is 28.9. The highest BCUT2D eigenvalue weighted by Gasteiger charge is 2.49. The van der Waals surface area contributed by atoms with Crippen LogP contribution in [-0.4, -0.2) is 6.85 Å². The van der Waals surface area contributed by atoms with E-state index in [9.17, 15) is 0 Å². The molecule has 3 heterocycles. The van der Waals surface area contributed by atoms with E-state index in [0.717, 1.165) is 72.9 Å². The third-order valence-electron chi connectivity index (χ3n) is 18.9. The van der Waals surface area contributed by atoms with Gasteiger partial charge in [0, 0.05) is 61.4 Å². The highest BCUT2D eigenvalue weighted by Crippen LogP contribution is 2.57. The summed E-state index contributed by atoms with van der Waals surface area (Å²) >= 11 is 0. The first-order valence-electron chi connectivity index (χ1n) is 30.7. The number of furan rings is 1. The van der Waals surface area contributed by atoms with Crippen molar-refractivity contribution in [3.05, 3.63) is 264 Å². The van der Waals surface area contributed by atoms with Gasteiger partial charge < -0.3 is 19.0 Å². The summed E-state index contributed by atoms with van der Waals surface area (Å²) in [7, 11) is 0. The predicted octanol–water partition coefficient (Wildman–Crippen LogP) is 21.3. The second-order valence-corrected chi connectivity index (χ2v) is 27.8. The molecule has 12 aromatic rings. The minimum Gasteiger partial charge on any atom is -0.454 e. The van der Waals surface area contributed by atoms with Gasteiger partial charge in [-0.25, -0.2) is 0 Å². The van der Waals surface area contributed by atoms with Crippen LogP contribution in [0, 0.1) is 0 Å². The Kier molecular flexibility index (Phi) is 12.0. The summed E-state index contributed by atoms with van der Waals surface area (Å²) in [6.07, 6.45) is 0. The Morgan fingerprint density at radius 1 is 0.395 bits per heavy atom. The topological polar surface area (TPSA) is 22.9 Å². The molecule has 420 valence electrons. The molecular weight excluding hydrogens is 1040 g/mol. The molecule has 0 N–H and O–H groups in total. The van der Waals surface area contributed by atoms with E-state index in [0.29, 0.717) is 0 Å². The Hall–Kier alpha value is -9.32. The molecule has 0 spiro atoms. The van der Waals surface area contributed by atoms with Crippen molar-refractivity contribution in [3.63, 3.8) is 0 Å². The van der Waals surface area contributed by atoms with E-state index in [2.05, 4.69) is 327 Å². The quantitative estimate of drug-likeness (QED) is 0.148. The summed E-state index contributed by atoms with van der Waals surface area (Å²) in [6.45, 7) is 25.2. The molecule has 0 radical (unpaired) electrons. The van der Waals surface area contributed by atoms with Gasteiger partial charge in [0.05, 0.1) is 11.4 Å². The lowest BCUT2D eigenvalue weighted by Crippen LogP contribution is -2.61. The lowest BCUT2D eigenvalue weighted by atomic mass is 9.43. The Labute approximate surface area is 508 Å². The van der Waals surface area contributed by atoms with E-state index in [1.54, 1.807) is 0 Å². The smallest absolute Gasteiger partial charge is 0.333 e. The third-order valence-corrected chi connectivity index (χ3v) is 18.9. The molecule has 0 amide bonds. The zero-order valence-corrected chi connectivity index (χ0v) is 51.3. The molecule has 0 unspecified atom stereocenters. The lowest BCUT2D eigenvalue weighted by Gasteiger charge is -2.46. The van der Waals surface area contributed by atoms with Gasteiger partial charge in [-0.15, -0.1) is 0 Å². The lowest BCUT2D eigenvalue weighted by molar-refractivity contribution is 0.590. The molecule has 5 heteroatoms. The molecule has 4 nitrogen and oxygen atoms in total. The van der Waals surface area contributed by atoms with Crippen LogP contribution >= 0.6 is 0 Å². The minimum absolute atomic E-state index is 0.00874. The second-order valence-electron chi connectivity index (χ2n) is 27.8. The van der Waals surface area contributed by atoms with Crippen LogP contribution in [0.2, 0.25) is 0 Å². The van der Waals surface area contributed by atoms with E-state index < -0.39 is 0 Å². The number of anilines is 8. The van der Waals surface area contributed by atoms with Crippen molar-refractivity contribution in [2.75, 3.05) is 14.6 Å². The first-order chi connectivity index (χ1) is 41.3. The van der Waals surface area contributed by atoms with Crippen molar-refractivity contribution in [1.82, 2.24) is 0 Å². The van der Waals surface area contributed by atoms with Crippen LogP contribution in [0.3, 0.4) is 0 Å². The van der Waals surface area contributed by atoms with Crippen molar-refractivity contribution in [2.24, 2.45) is 0 Å². The molecule has 0 fully saturated rings. The van der Waals surface area contributed by atoms with Crippen LogP contribution in [0.1, 0.15) is 104 Å². The maximum absolute atomic E-state index is 7.43. The van der Waals surface area contributed by atoms with Gasteiger partial charge in [0.1, 0.15) is 5.58 Å². The number of hydrogen-bond acceptors (Lipinski definition) is 4. The average Bonchev–Trinajstić information content (AvgIpc) is 1.15. The highest BCUT2D eigenvalue weighted by molar-refractivity contribution is 6.94. The molecule has 3 aliphatic rings. The Balaban J connectivity index is 1.09. The number of rotatable bonds is 7. The number of para-hydroxylation sites is 1. The van der Waals surface area contributed by atoms with Gasteiger partial charge in [0.2, 0.25) is 0 Å². The Bertz CT molecular complexity index is 4590. The summed E-state index contributed by atoms with van der Waals surface area (Å²) in [6, 6.07) is 89.4. The van der Waals surface area contributed by atoms with Crippen LogP contribution in [-0.2, 0) is 21.7 Å². The molecule has 0 bridgehead atoms. The molecule has 1 aliphatic carbocycles. The number of fused-ring (bicyclic) bond motifs is 11. The number of hydrogen-bond donors (Lipinski definition) is 0. The molecule has 0 saturated carbocycles. The predicted molar refractivity (Wildman–Crippen MR) is 367 cm³/mol. The highest BCUT2D eigenvalue weighted by atomic mass is 16.3. The van der Waals surface area contributed by atoms with E-state index in [1.807, 2.05) is 0 Å². The van der Waals surface area contributed by atoms with E-state index in [-0.39, 0.29) is 28.5 Å². The molecule has 1 aromatic heterocycles. The van der Waals surface area contributed by atoms with Gasteiger partial charge >= 0.3 is 6.85 Å². The fourth-order valence-electron chi connectivity index (χ4n) is 14.2. The van der Waals surface area contributed by atoms with Gasteiger partial charge in [-0.3, -0.25) is 0 Å². The van der Waals surface area contributed by atoms with Crippen molar-refractivity contribution in [3.8, 4) is 44.5 Å². The standard InChI is InChI=1S/C81H72BN3O/c1-78(2,3)54-32-39-57(40-33-54)83(58-41-34-55(35-42-58)79(4,5)6)60-43-45-72-70(47-60)82-75-66(49-67-62-27-19-21-29-74(62)86-77(67)76(75)84(72)71-44-36-56(80(7,8)9)46-63(71)53-24-16-13-17-25-53)65-48-64-61-26-18-20-28-68(61)81(10,11)69(64)50-73(65)85(82)59-37-30-52(31-38-59)51-22-14-12-15-23-51/h12-50H,1-11H3.